The number of aromatic nitrogens is 2. The fourth-order valence-electron chi connectivity index (χ4n) is 2.24. The average Bonchev–Trinajstić information content (AvgIpc) is 3.23. The Morgan fingerprint density at radius 2 is 2.05 bits per heavy atom. The number of carbonyl (C=O) groups excluding carboxylic acids is 1. The molecule has 3 aromatic rings. The molecule has 1 aliphatic carbocycles. The largest absolute Gasteiger partial charge is 0.349 e. The molecule has 0 bridgehead atoms. The SMILES string of the molecule is O=C(NC1CC1)c1cnc(Nc2nccc3ccccc23)s1. The van der Waals surface area contributed by atoms with E-state index in [0.29, 0.717) is 16.1 Å². The van der Waals surface area contributed by atoms with Crippen molar-refractivity contribution in [2.24, 2.45) is 0 Å². The van der Waals surface area contributed by atoms with Crippen molar-refractivity contribution >= 4 is 39.0 Å². The third-order valence-corrected chi connectivity index (χ3v) is 4.45. The van der Waals surface area contributed by atoms with Gasteiger partial charge in [-0.05, 0) is 24.3 Å². The Morgan fingerprint density at radius 3 is 2.91 bits per heavy atom. The van der Waals surface area contributed by atoms with Crippen LogP contribution in [0, 0.1) is 0 Å². The maximum Gasteiger partial charge on any atom is 0.263 e. The predicted molar refractivity (Wildman–Crippen MR) is 87.6 cm³/mol. The van der Waals surface area contributed by atoms with Crippen molar-refractivity contribution in [3.63, 3.8) is 0 Å². The first-order valence-electron chi connectivity index (χ1n) is 7.17. The molecule has 1 aliphatic rings. The minimum Gasteiger partial charge on any atom is -0.349 e. The molecule has 6 heteroatoms. The van der Waals surface area contributed by atoms with Crippen molar-refractivity contribution < 1.29 is 4.79 Å². The lowest BCUT2D eigenvalue weighted by Crippen LogP contribution is -2.24. The molecule has 2 N–H and O–H groups in total. The molecule has 1 aromatic carbocycles. The highest BCUT2D eigenvalue weighted by Gasteiger charge is 2.24. The minimum absolute atomic E-state index is 0.0427. The number of nitrogens with zero attached hydrogens (tertiary/aromatic N) is 2. The fraction of sp³-hybridized carbons (Fsp3) is 0.188. The highest BCUT2D eigenvalue weighted by atomic mass is 32.1. The number of carbonyl (C=O) groups is 1. The lowest BCUT2D eigenvalue weighted by molar-refractivity contribution is 0.0955. The van der Waals surface area contributed by atoms with Gasteiger partial charge in [0.25, 0.3) is 5.91 Å². The number of benzene rings is 1. The van der Waals surface area contributed by atoms with E-state index in [1.54, 1.807) is 12.4 Å². The molecule has 2 heterocycles. The van der Waals surface area contributed by atoms with E-state index in [9.17, 15) is 4.79 Å². The maximum atomic E-state index is 12.0. The van der Waals surface area contributed by atoms with Crippen LogP contribution in [-0.2, 0) is 0 Å². The molecular formula is C16H14N4OS. The third kappa shape index (κ3) is 2.65. The summed E-state index contributed by atoms with van der Waals surface area (Å²) in [6.07, 6.45) is 5.53. The van der Waals surface area contributed by atoms with E-state index in [1.165, 1.54) is 11.3 Å². The molecule has 22 heavy (non-hydrogen) atoms. The van der Waals surface area contributed by atoms with Gasteiger partial charge in [0.05, 0.1) is 6.20 Å². The van der Waals surface area contributed by atoms with E-state index >= 15 is 0 Å². The second-order valence-corrected chi connectivity index (χ2v) is 6.31. The topological polar surface area (TPSA) is 66.9 Å². The summed E-state index contributed by atoms with van der Waals surface area (Å²) in [4.78, 5) is 21.3. The molecular weight excluding hydrogens is 296 g/mol. The van der Waals surface area contributed by atoms with Gasteiger partial charge in [0, 0.05) is 17.6 Å². The molecule has 110 valence electrons. The second-order valence-electron chi connectivity index (χ2n) is 5.28. The van der Waals surface area contributed by atoms with Crippen LogP contribution in [0.1, 0.15) is 22.5 Å². The molecule has 0 aliphatic heterocycles. The van der Waals surface area contributed by atoms with Crippen LogP contribution in [0.2, 0.25) is 0 Å². The molecule has 0 unspecified atom stereocenters. The van der Waals surface area contributed by atoms with Crippen molar-refractivity contribution in [3.8, 4) is 0 Å². The monoisotopic (exact) mass is 310 g/mol. The summed E-state index contributed by atoms with van der Waals surface area (Å²) in [5.74, 6) is 0.709. The van der Waals surface area contributed by atoms with Crippen molar-refractivity contribution in [2.45, 2.75) is 18.9 Å². The highest BCUT2D eigenvalue weighted by molar-refractivity contribution is 7.17. The van der Waals surface area contributed by atoms with Crippen LogP contribution in [-0.4, -0.2) is 21.9 Å². The molecule has 5 nitrogen and oxygen atoms in total. The third-order valence-electron chi connectivity index (χ3n) is 3.54. The van der Waals surface area contributed by atoms with Gasteiger partial charge in [0.2, 0.25) is 0 Å². The molecule has 0 radical (unpaired) electrons. The number of hydrogen-bond acceptors (Lipinski definition) is 5. The number of anilines is 2. The van der Waals surface area contributed by atoms with E-state index in [-0.39, 0.29) is 5.91 Å². The summed E-state index contributed by atoms with van der Waals surface area (Å²) in [5.41, 5.74) is 0. The minimum atomic E-state index is -0.0427. The van der Waals surface area contributed by atoms with Gasteiger partial charge in [0.15, 0.2) is 5.13 Å². The van der Waals surface area contributed by atoms with Crippen molar-refractivity contribution in [1.82, 2.24) is 15.3 Å². The number of nitrogens with one attached hydrogen (secondary N) is 2. The first kappa shape index (κ1) is 13.2. The molecule has 1 amide bonds. The molecule has 0 saturated heterocycles. The molecule has 1 saturated carbocycles. The van der Waals surface area contributed by atoms with E-state index in [2.05, 4.69) is 20.6 Å². The van der Waals surface area contributed by atoms with Gasteiger partial charge in [0.1, 0.15) is 10.7 Å². The van der Waals surface area contributed by atoms with Gasteiger partial charge in [-0.25, -0.2) is 9.97 Å². The normalized spacial score (nSPS) is 14.0. The lowest BCUT2D eigenvalue weighted by atomic mass is 10.2. The Kier molecular flexibility index (Phi) is 3.23. The highest BCUT2D eigenvalue weighted by Crippen LogP contribution is 2.27. The van der Waals surface area contributed by atoms with E-state index in [1.807, 2.05) is 30.3 Å². The van der Waals surface area contributed by atoms with E-state index in [4.69, 9.17) is 0 Å². The Morgan fingerprint density at radius 1 is 1.18 bits per heavy atom. The zero-order valence-corrected chi connectivity index (χ0v) is 12.6. The standard InChI is InChI=1S/C16H14N4OS/c21-15(19-11-5-6-11)13-9-18-16(22-13)20-14-12-4-2-1-3-10(12)7-8-17-14/h1-4,7-9,11H,5-6H2,(H,19,21)(H,17,18,20). The first-order chi connectivity index (χ1) is 10.8. The zero-order valence-electron chi connectivity index (χ0n) is 11.7. The fourth-order valence-corrected chi connectivity index (χ4v) is 2.96. The number of rotatable bonds is 4. The summed E-state index contributed by atoms with van der Waals surface area (Å²) >= 11 is 1.34. The van der Waals surface area contributed by atoms with Gasteiger partial charge in [-0.3, -0.25) is 4.79 Å². The first-order valence-corrected chi connectivity index (χ1v) is 7.99. The quantitative estimate of drug-likeness (QED) is 0.775. The van der Waals surface area contributed by atoms with Gasteiger partial charge in [-0.15, -0.1) is 0 Å². The van der Waals surface area contributed by atoms with Crippen LogP contribution in [0.5, 0.6) is 0 Å². The van der Waals surface area contributed by atoms with Crippen molar-refractivity contribution in [1.29, 1.82) is 0 Å². The van der Waals surface area contributed by atoms with Crippen LogP contribution >= 0.6 is 11.3 Å². The summed E-state index contributed by atoms with van der Waals surface area (Å²) in [5, 5.41) is 8.99. The van der Waals surface area contributed by atoms with Crippen LogP contribution < -0.4 is 10.6 Å². The van der Waals surface area contributed by atoms with Crippen LogP contribution in [0.3, 0.4) is 0 Å². The van der Waals surface area contributed by atoms with Gasteiger partial charge >= 0.3 is 0 Å². The number of pyridine rings is 1. The summed E-state index contributed by atoms with van der Waals surface area (Å²) in [6, 6.07) is 10.3. The van der Waals surface area contributed by atoms with Gasteiger partial charge in [-0.2, -0.15) is 0 Å². The Bertz CT molecular complexity index is 836. The molecule has 0 atom stereocenters. The van der Waals surface area contributed by atoms with E-state index < -0.39 is 0 Å². The number of fused-ring (bicyclic) bond motifs is 1. The molecule has 2 aromatic heterocycles. The van der Waals surface area contributed by atoms with Crippen LogP contribution in [0.4, 0.5) is 10.9 Å². The second kappa shape index (κ2) is 5.38. The zero-order chi connectivity index (χ0) is 14.9. The average molecular weight is 310 g/mol. The molecule has 4 rings (SSSR count). The number of amides is 1. The Hall–Kier alpha value is -2.47. The molecule has 0 spiro atoms. The summed E-state index contributed by atoms with van der Waals surface area (Å²) in [6.45, 7) is 0. The van der Waals surface area contributed by atoms with Gasteiger partial charge in [-0.1, -0.05) is 35.6 Å². The number of hydrogen-bond donors (Lipinski definition) is 2. The number of thiazole rings is 1. The maximum absolute atomic E-state index is 12.0. The van der Waals surface area contributed by atoms with Crippen molar-refractivity contribution in [3.05, 3.63) is 47.6 Å². The Labute approximate surface area is 131 Å². The Balaban J connectivity index is 1.57. The smallest absolute Gasteiger partial charge is 0.263 e. The van der Waals surface area contributed by atoms with Crippen LogP contribution in [0.25, 0.3) is 10.8 Å². The predicted octanol–water partition coefficient (Wildman–Crippen LogP) is 3.33. The summed E-state index contributed by atoms with van der Waals surface area (Å²) in [7, 11) is 0. The van der Waals surface area contributed by atoms with Crippen molar-refractivity contribution in [2.75, 3.05) is 5.32 Å². The van der Waals surface area contributed by atoms with E-state index in [0.717, 1.165) is 29.4 Å². The summed E-state index contributed by atoms with van der Waals surface area (Å²) < 4.78 is 0. The van der Waals surface area contributed by atoms with Crippen LogP contribution in [0.15, 0.2) is 42.7 Å². The van der Waals surface area contributed by atoms with Gasteiger partial charge < -0.3 is 10.6 Å². The molecule has 1 fully saturated rings. The lowest BCUT2D eigenvalue weighted by Gasteiger charge is -2.05.